The summed E-state index contributed by atoms with van der Waals surface area (Å²) in [5.74, 6) is 1.07. The normalized spacial score (nSPS) is 17.3. The number of rotatable bonds is 3. The summed E-state index contributed by atoms with van der Waals surface area (Å²) in [6.07, 6.45) is 3.59. The molecule has 0 spiro atoms. The molecule has 1 N–H and O–H groups in total. The predicted molar refractivity (Wildman–Crippen MR) is 120 cm³/mol. The molecule has 0 bridgehead atoms. The second kappa shape index (κ2) is 7.71. The molecule has 3 aromatic rings. The van der Waals surface area contributed by atoms with Gasteiger partial charge in [0.2, 0.25) is 11.9 Å². The second-order valence-electron chi connectivity index (χ2n) is 8.77. The van der Waals surface area contributed by atoms with Crippen molar-refractivity contribution in [2.75, 3.05) is 18.0 Å². The van der Waals surface area contributed by atoms with Crippen LogP contribution in [0.4, 0.5) is 5.95 Å². The average molecular weight is 401 g/mol. The van der Waals surface area contributed by atoms with Crippen LogP contribution in [-0.4, -0.2) is 35.0 Å². The minimum Gasteiger partial charge on any atom is -0.352 e. The lowest BCUT2D eigenvalue weighted by Gasteiger charge is -2.32. The molecule has 5 nitrogen and oxygen atoms in total. The molecule has 0 atom stereocenters. The van der Waals surface area contributed by atoms with E-state index in [9.17, 15) is 4.79 Å². The molecule has 2 heterocycles. The van der Waals surface area contributed by atoms with E-state index in [2.05, 4.69) is 59.6 Å². The van der Waals surface area contributed by atoms with Crippen LogP contribution in [0.5, 0.6) is 0 Å². The summed E-state index contributed by atoms with van der Waals surface area (Å²) in [5.41, 5.74) is 5.97. The Hall–Kier alpha value is -2.95. The maximum absolute atomic E-state index is 12.8. The number of nitrogens with one attached hydrogen (secondary N) is 1. The predicted octanol–water partition coefficient (Wildman–Crippen LogP) is 3.75. The summed E-state index contributed by atoms with van der Waals surface area (Å²) in [6, 6.07) is 15.1. The second-order valence-corrected chi connectivity index (χ2v) is 8.77. The Morgan fingerprint density at radius 2 is 1.70 bits per heavy atom. The Balaban J connectivity index is 1.21. The van der Waals surface area contributed by atoms with Gasteiger partial charge in [-0.3, -0.25) is 4.79 Å². The van der Waals surface area contributed by atoms with E-state index in [0.29, 0.717) is 0 Å². The first-order valence-electron chi connectivity index (χ1n) is 10.9. The first-order valence-corrected chi connectivity index (χ1v) is 10.9. The fourth-order valence-electron chi connectivity index (χ4n) is 4.84. The molecule has 2 aliphatic rings. The summed E-state index contributed by atoms with van der Waals surface area (Å²) in [4.78, 5) is 24.6. The number of piperidine rings is 1. The number of aromatic nitrogens is 2. The van der Waals surface area contributed by atoms with Crippen molar-refractivity contribution in [1.82, 2.24) is 15.3 Å². The zero-order valence-corrected chi connectivity index (χ0v) is 17.7. The number of hydrogen-bond acceptors (Lipinski definition) is 4. The largest absolute Gasteiger partial charge is 0.352 e. The number of aryl methyl sites for hydroxylation is 2. The highest BCUT2D eigenvalue weighted by molar-refractivity contribution is 5.83. The molecular formula is C25H28N4O. The fraction of sp³-hybridized carbons (Fsp3) is 0.400. The maximum Gasteiger partial charge on any atom is 0.226 e. The molecule has 5 rings (SSSR count). The van der Waals surface area contributed by atoms with Gasteiger partial charge < -0.3 is 10.2 Å². The summed E-state index contributed by atoms with van der Waals surface area (Å²) in [7, 11) is 0. The molecule has 30 heavy (non-hydrogen) atoms. The molecular weight excluding hydrogens is 372 g/mol. The Labute approximate surface area is 177 Å². The van der Waals surface area contributed by atoms with Gasteiger partial charge >= 0.3 is 0 Å². The van der Waals surface area contributed by atoms with Crippen molar-refractivity contribution in [1.29, 1.82) is 0 Å². The third-order valence-electron chi connectivity index (χ3n) is 6.58. The number of nitrogens with zero attached hydrogens (tertiary/aromatic N) is 3. The number of anilines is 1. The molecule has 1 aromatic heterocycles. The molecule has 0 saturated carbocycles. The van der Waals surface area contributed by atoms with E-state index in [1.54, 1.807) is 0 Å². The molecule has 0 radical (unpaired) electrons. The van der Waals surface area contributed by atoms with Crippen LogP contribution in [-0.2, 0) is 17.6 Å². The van der Waals surface area contributed by atoms with Crippen LogP contribution in [0.3, 0.4) is 0 Å². The Morgan fingerprint density at radius 3 is 2.40 bits per heavy atom. The van der Waals surface area contributed by atoms with E-state index in [1.807, 2.05) is 6.92 Å². The minimum absolute atomic E-state index is 0.0779. The fourth-order valence-corrected chi connectivity index (χ4v) is 4.84. The molecule has 0 unspecified atom stereocenters. The van der Waals surface area contributed by atoms with Crippen molar-refractivity contribution in [3.05, 3.63) is 64.8 Å². The first kappa shape index (κ1) is 19.0. The number of carbonyl (C=O) groups is 1. The third kappa shape index (κ3) is 3.64. The van der Waals surface area contributed by atoms with Crippen molar-refractivity contribution in [3.8, 4) is 0 Å². The smallest absolute Gasteiger partial charge is 0.226 e. The van der Waals surface area contributed by atoms with E-state index in [1.165, 1.54) is 16.7 Å². The standard InChI is InChI=1S/C25H28N4O/c1-16-7-8-23-22(13-16)17(2)26-25(28-23)29-11-9-18(10-12-29)24(30)27-21-14-19-5-3-4-6-20(19)15-21/h3-8,13,18,21H,9-12,14-15H2,1-2H3,(H,27,30). The maximum atomic E-state index is 12.8. The van der Waals surface area contributed by atoms with Crippen molar-refractivity contribution >= 4 is 22.8 Å². The molecule has 1 aliphatic heterocycles. The Morgan fingerprint density at radius 1 is 1.00 bits per heavy atom. The van der Waals surface area contributed by atoms with Gasteiger partial charge in [-0.2, -0.15) is 0 Å². The van der Waals surface area contributed by atoms with Crippen molar-refractivity contribution < 1.29 is 4.79 Å². The van der Waals surface area contributed by atoms with Gasteiger partial charge in [0, 0.05) is 30.4 Å². The molecule has 1 fully saturated rings. The Kier molecular flexibility index (Phi) is 4.89. The van der Waals surface area contributed by atoms with Crippen LogP contribution in [0.2, 0.25) is 0 Å². The zero-order valence-electron chi connectivity index (χ0n) is 17.7. The van der Waals surface area contributed by atoms with Crippen LogP contribution in [0.15, 0.2) is 42.5 Å². The van der Waals surface area contributed by atoms with Crippen molar-refractivity contribution in [3.63, 3.8) is 0 Å². The van der Waals surface area contributed by atoms with Gasteiger partial charge in [0.1, 0.15) is 0 Å². The quantitative estimate of drug-likeness (QED) is 0.728. The monoisotopic (exact) mass is 400 g/mol. The van der Waals surface area contributed by atoms with Crippen molar-refractivity contribution in [2.45, 2.75) is 45.6 Å². The van der Waals surface area contributed by atoms with Crippen LogP contribution in [0, 0.1) is 19.8 Å². The van der Waals surface area contributed by atoms with Gasteiger partial charge in [-0.05, 0) is 62.8 Å². The van der Waals surface area contributed by atoms with E-state index >= 15 is 0 Å². The number of benzene rings is 2. The van der Waals surface area contributed by atoms with Crippen LogP contribution < -0.4 is 10.2 Å². The van der Waals surface area contributed by atoms with Gasteiger partial charge in [-0.15, -0.1) is 0 Å². The SMILES string of the molecule is Cc1ccc2nc(N3CCC(C(=O)NC4Cc5ccccc5C4)CC3)nc(C)c2c1. The summed E-state index contributed by atoms with van der Waals surface area (Å²) in [5, 5.41) is 4.42. The molecule has 1 saturated heterocycles. The lowest BCUT2D eigenvalue weighted by Crippen LogP contribution is -2.44. The third-order valence-corrected chi connectivity index (χ3v) is 6.58. The van der Waals surface area contributed by atoms with E-state index in [-0.39, 0.29) is 17.9 Å². The molecule has 2 aromatic carbocycles. The highest BCUT2D eigenvalue weighted by atomic mass is 16.1. The number of hydrogen-bond donors (Lipinski definition) is 1. The number of fused-ring (bicyclic) bond motifs is 2. The van der Waals surface area contributed by atoms with Crippen LogP contribution >= 0.6 is 0 Å². The van der Waals surface area contributed by atoms with Gasteiger partial charge in [0.05, 0.1) is 11.2 Å². The van der Waals surface area contributed by atoms with E-state index in [4.69, 9.17) is 9.97 Å². The summed E-state index contributed by atoms with van der Waals surface area (Å²) >= 11 is 0. The molecule has 5 heteroatoms. The minimum atomic E-state index is 0.0779. The number of carbonyl (C=O) groups excluding carboxylic acids is 1. The highest BCUT2D eigenvalue weighted by Crippen LogP contribution is 2.26. The van der Waals surface area contributed by atoms with Gasteiger partial charge in [0.15, 0.2) is 0 Å². The van der Waals surface area contributed by atoms with Crippen LogP contribution in [0.25, 0.3) is 10.9 Å². The van der Waals surface area contributed by atoms with Crippen LogP contribution in [0.1, 0.15) is 35.2 Å². The number of amides is 1. The Bertz CT molecular complexity index is 1080. The molecule has 1 amide bonds. The van der Waals surface area contributed by atoms with Crippen molar-refractivity contribution in [2.24, 2.45) is 5.92 Å². The lowest BCUT2D eigenvalue weighted by atomic mass is 9.95. The topological polar surface area (TPSA) is 58.1 Å². The summed E-state index contributed by atoms with van der Waals surface area (Å²) < 4.78 is 0. The molecule has 154 valence electrons. The zero-order chi connectivity index (χ0) is 20.7. The molecule has 1 aliphatic carbocycles. The average Bonchev–Trinajstić information content (AvgIpc) is 3.16. The van der Waals surface area contributed by atoms with E-state index in [0.717, 1.165) is 61.3 Å². The van der Waals surface area contributed by atoms with Gasteiger partial charge in [-0.25, -0.2) is 9.97 Å². The lowest BCUT2D eigenvalue weighted by molar-refractivity contribution is -0.126. The summed E-state index contributed by atoms with van der Waals surface area (Å²) in [6.45, 7) is 5.78. The first-order chi connectivity index (χ1) is 14.6. The van der Waals surface area contributed by atoms with Gasteiger partial charge in [-0.1, -0.05) is 35.9 Å². The van der Waals surface area contributed by atoms with Gasteiger partial charge in [0.25, 0.3) is 0 Å². The van der Waals surface area contributed by atoms with E-state index < -0.39 is 0 Å². The highest BCUT2D eigenvalue weighted by Gasteiger charge is 2.29.